The van der Waals surface area contributed by atoms with E-state index in [0.717, 1.165) is 22.8 Å². The van der Waals surface area contributed by atoms with Gasteiger partial charge in [-0.05, 0) is 36.8 Å². The smallest absolute Gasteiger partial charge is 0.221 e. The number of benzene rings is 1. The molecule has 0 spiro atoms. The summed E-state index contributed by atoms with van der Waals surface area (Å²) in [5, 5.41) is 6.28. The van der Waals surface area contributed by atoms with E-state index in [1.165, 1.54) is 6.92 Å². The second kappa shape index (κ2) is 7.74. The number of pyridine rings is 1. The van der Waals surface area contributed by atoms with Gasteiger partial charge < -0.3 is 15.5 Å². The van der Waals surface area contributed by atoms with Crippen LogP contribution in [0, 0.1) is 0 Å². The van der Waals surface area contributed by atoms with Gasteiger partial charge in [0.15, 0.2) is 0 Å². The number of carbonyl (C=O) groups is 1. The topological polar surface area (TPSA) is 57.3 Å². The highest BCUT2D eigenvalue weighted by molar-refractivity contribution is 5.88. The van der Waals surface area contributed by atoms with E-state index in [4.69, 9.17) is 0 Å². The minimum Gasteiger partial charge on any atom is -0.363 e. The minimum atomic E-state index is -0.0625. The molecule has 1 atom stereocenters. The number of amides is 1. The van der Waals surface area contributed by atoms with Crippen LogP contribution in [0.2, 0.25) is 0 Å². The summed E-state index contributed by atoms with van der Waals surface area (Å²) in [4.78, 5) is 17.7. The van der Waals surface area contributed by atoms with Crippen LogP contribution in [0.3, 0.4) is 0 Å². The molecule has 0 bridgehead atoms. The van der Waals surface area contributed by atoms with E-state index in [-0.39, 0.29) is 11.9 Å². The fourth-order valence-corrected chi connectivity index (χ4v) is 2.28. The molecule has 0 aliphatic heterocycles. The Kier molecular flexibility index (Phi) is 5.71. The summed E-state index contributed by atoms with van der Waals surface area (Å²) in [5.41, 5.74) is 2.94. The Bertz CT molecular complexity index is 670. The van der Waals surface area contributed by atoms with Gasteiger partial charge in [-0.3, -0.25) is 4.79 Å². The molecule has 1 aromatic carbocycles. The van der Waals surface area contributed by atoms with Gasteiger partial charge in [0.1, 0.15) is 5.82 Å². The zero-order chi connectivity index (χ0) is 16.8. The molecule has 0 saturated carbocycles. The maximum atomic E-state index is 11.2. The molecule has 0 aliphatic rings. The lowest BCUT2D eigenvalue weighted by Gasteiger charge is -2.16. The molecule has 122 valence electrons. The van der Waals surface area contributed by atoms with E-state index in [9.17, 15) is 4.79 Å². The number of nitrogens with zero attached hydrogens (tertiary/aromatic N) is 2. The van der Waals surface area contributed by atoms with Crippen molar-refractivity contribution in [2.24, 2.45) is 0 Å². The molecule has 1 amide bonds. The number of carbonyl (C=O) groups excluding carboxylic acids is 1. The molecule has 2 rings (SSSR count). The molecule has 1 aromatic heterocycles. The average molecular weight is 312 g/mol. The fraction of sp³-hybridized carbons (Fsp3) is 0.333. The predicted octanol–water partition coefficient (Wildman–Crippen LogP) is 2.96. The zero-order valence-electron chi connectivity index (χ0n) is 14.1. The Morgan fingerprint density at radius 1 is 1.22 bits per heavy atom. The van der Waals surface area contributed by atoms with Gasteiger partial charge in [0.05, 0.1) is 5.69 Å². The lowest BCUT2D eigenvalue weighted by Crippen LogP contribution is -2.20. The molecular formula is C18H24N4O. The molecule has 0 fully saturated rings. The zero-order valence-corrected chi connectivity index (χ0v) is 14.1. The van der Waals surface area contributed by atoms with Crippen molar-refractivity contribution in [3.63, 3.8) is 0 Å². The number of hydrogen-bond donors (Lipinski definition) is 2. The van der Waals surface area contributed by atoms with Gasteiger partial charge in [0, 0.05) is 39.3 Å². The first-order valence-electron chi connectivity index (χ1n) is 7.70. The largest absolute Gasteiger partial charge is 0.363 e. The van der Waals surface area contributed by atoms with Crippen molar-refractivity contribution in [3.8, 4) is 0 Å². The highest BCUT2D eigenvalue weighted by atomic mass is 16.1. The third-order valence-corrected chi connectivity index (χ3v) is 3.55. The summed E-state index contributed by atoms with van der Waals surface area (Å²) in [6.07, 6.45) is 0. The van der Waals surface area contributed by atoms with Crippen molar-refractivity contribution in [2.45, 2.75) is 26.4 Å². The van der Waals surface area contributed by atoms with Gasteiger partial charge in [-0.15, -0.1) is 0 Å². The van der Waals surface area contributed by atoms with Crippen LogP contribution >= 0.6 is 0 Å². The molecule has 2 aromatic rings. The Balaban J connectivity index is 2.00. The molecule has 5 heteroatoms. The number of rotatable bonds is 6. The summed E-state index contributed by atoms with van der Waals surface area (Å²) in [5.74, 6) is 0.886. The van der Waals surface area contributed by atoms with Crippen molar-refractivity contribution in [2.75, 3.05) is 24.3 Å². The summed E-state index contributed by atoms with van der Waals surface area (Å²) in [6.45, 7) is 4.30. The van der Waals surface area contributed by atoms with Crippen molar-refractivity contribution < 1.29 is 4.79 Å². The van der Waals surface area contributed by atoms with E-state index < -0.39 is 0 Å². The second-order valence-electron chi connectivity index (χ2n) is 5.79. The highest BCUT2D eigenvalue weighted by Gasteiger charge is 2.07. The van der Waals surface area contributed by atoms with Crippen LogP contribution in [0.1, 0.15) is 31.1 Å². The van der Waals surface area contributed by atoms with Crippen LogP contribution in [-0.2, 0) is 11.3 Å². The molecule has 0 aliphatic carbocycles. The van der Waals surface area contributed by atoms with Gasteiger partial charge in [-0.1, -0.05) is 18.2 Å². The standard InChI is InChI=1S/C18H24N4O/c1-13(15-7-5-8-16(11-15)20-14(2)23)19-12-17-9-6-10-18(21-17)22(3)4/h5-11,13,19H,12H2,1-4H3,(H,20,23). The van der Waals surface area contributed by atoms with E-state index in [1.807, 2.05) is 61.5 Å². The Morgan fingerprint density at radius 2 is 1.96 bits per heavy atom. The maximum Gasteiger partial charge on any atom is 0.221 e. The molecule has 2 N–H and O–H groups in total. The van der Waals surface area contributed by atoms with Gasteiger partial charge in [0.25, 0.3) is 0 Å². The average Bonchev–Trinajstić information content (AvgIpc) is 2.52. The molecule has 1 heterocycles. The number of aromatic nitrogens is 1. The number of nitrogens with one attached hydrogen (secondary N) is 2. The predicted molar refractivity (Wildman–Crippen MR) is 94.6 cm³/mol. The maximum absolute atomic E-state index is 11.2. The van der Waals surface area contributed by atoms with Crippen LogP contribution in [0.25, 0.3) is 0 Å². The van der Waals surface area contributed by atoms with Crippen molar-refractivity contribution in [3.05, 3.63) is 53.7 Å². The lowest BCUT2D eigenvalue weighted by atomic mass is 10.1. The van der Waals surface area contributed by atoms with Gasteiger partial charge in [-0.25, -0.2) is 4.98 Å². The van der Waals surface area contributed by atoms with Crippen LogP contribution < -0.4 is 15.5 Å². The molecule has 23 heavy (non-hydrogen) atoms. The summed E-state index contributed by atoms with van der Waals surface area (Å²) < 4.78 is 0. The van der Waals surface area contributed by atoms with Crippen LogP contribution in [0.5, 0.6) is 0 Å². The van der Waals surface area contributed by atoms with Crippen molar-refractivity contribution in [1.82, 2.24) is 10.3 Å². The van der Waals surface area contributed by atoms with Crippen LogP contribution in [0.15, 0.2) is 42.5 Å². The SMILES string of the molecule is CC(=O)Nc1cccc(C(C)NCc2cccc(N(C)C)n2)c1. The molecule has 5 nitrogen and oxygen atoms in total. The second-order valence-corrected chi connectivity index (χ2v) is 5.79. The first kappa shape index (κ1) is 17.0. The summed E-state index contributed by atoms with van der Waals surface area (Å²) in [6, 6.07) is 14.1. The first-order chi connectivity index (χ1) is 11.0. The highest BCUT2D eigenvalue weighted by Crippen LogP contribution is 2.18. The lowest BCUT2D eigenvalue weighted by molar-refractivity contribution is -0.114. The van der Waals surface area contributed by atoms with E-state index in [1.54, 1.807) is 0 Å². The Morgan fingerprint density at radius 3 is 2.65 bits per heavy atom. The van der Waals surface area contributed by atoms with Crippen LogP contribution in [0.4, 0.5) is 11.5 Å². The number of hydrogen-bond acceptors (Lipinski definition) is 4. The monoisotopic (exact) mass is 312 g/mol. The Labute approximate surface area is 137 Å². The van der Waals surface area contributed by atoms with E-state index >= 15 is 0 Å². The fourth-order valence-electron chi connectivity index (χ4n) is 2.28. The molecule has 0 saturated heterocycles. The summed E-state index contributed by atoms with van der Waals surface area (Å²) >= 11 is 0. The Hall–Kier alpha value is -2.40. The number of anilines is 2. The van der Waals surface area contributed by atoms with Crippen molar-refractivity contribution in [1.29, 1.82) is 0 Å². The normalized spacial score (nSPS) is 11.8. The van der Waals surface area contributed by atoms with Crippen LogP contribution in [-0.4, -0.2) is 25.0 Å². The molecular weight excluding hydrogens is 288 g/mol. The van der Waals surface area contributed by atoms with Gasteiger partial charge in [0.2, 0.25) is 5.91 Å². The summed E-state index contributed by atoms with van der Waals surface area (Å²) in [7, 11) is 3.96. The molecule has 1 unspecified atom stereocenters. The van der Waals surface area contributed by atoms with E-state index in [2.05, 4.69) is 22.5 Å². The van der Waals surface area contributed by atoms with Gasteiger partial charge in [-0.2, -0.15) is 0 Å². The quantitative estimate of drug-likeness (QED) is 0.861. The molecule has 0 radical (unpaired) electrons. The van der Waals surface area contributed by atoms with Gasteiger partial charge >= 0.3 is 0 Å². The minimum absolute atomic E-state index is 0.0625. The van der Waals surface area contributed by atoms with E-state index in [0.29, 0.717) is 6.54 Å². The third kappa shape index (κ3) is 5.07. The third-order valence-electron chi connectivity index (χ3n) is 3.55. The van der Waals surface area contributed by atoms with Crippen molar-refractivity contribution >= 4 is 17.4 Å². The first-order valence-corrected chi connectivity index (χ1v) is 7.70.